The van der Waals surface area contributed by atoms with Crippen molar-refractivity contribution < 1.29 is 4.39 Å². The van der Waals surface area contributed by atoms with Gasteiger partial charge < -0.3 is 5.32 Å². The number of benzene rings is 1. The highest BCUT2D eigenvalue weighted by Crippen LogP contribution is 2.23. The molecular weight excluding hydrogens is 165 g/mol. The van der Waals surface area contributed by atoms with Crippen molar-refractivity contribution in [1.29, 1.82) is 0 Å². The van der Waals surface area contributed by atoms with Gasteiger partial charge in [-0.05, 0) is 36.9 Å². The predicted molar refractivity (Wildman–Crippen MR) is 50.1 cm³/mol. The normalized spacial score (nSPS) is 23.0. The predicted octanol–water partition coefficient (Wildman–Crippen LogP) is 2.09. The first-order valence-corrected chi connectivity index (χ1v) is 4.74. The van der Waals surface area contributed by atoms with Crippen LogP contribution in [0.25, 0.3) is 0 Å². The van der Waals surface area contributed by atoms with E-state index in [-0.39, 0.29) is 5.82 Å². The third-order valence-electron chi connectivity index (χ3n) is 2.56. The van der Waals surface area contributed by atoms with Crippen LogP contribution in [-0.4, -0.2) is 13.1 Å². The average molecular weight is 178 g/mol. The highest BCUT2D eigenvalue weighted by atomic mass is 19.1. The zero-order valence-electron chi connectivity index (χ0n) is 7.52. The van der Waals surface area contributed by atoms with E-state index < -0.39 is 0 Å². The number of piperidine rings is 1. The number of halogens is 1. The van der Waals surface area contributed by atoms with Gasteiger partial charge in [0.25, 0.3) is 0 Å². The summed E-state index contributed by atoms with van der Waals surface area (Å²) in [6.45, 7) is 2.07. The second kappa shape index (κ2) is 3.88. The molecule has 0 amide bonds. The van der Waals surface area contributed by atoms with E-state index in [2.05, 4.69) is 11.4 Å². The number of hydrogen-bond donors (Lipinski definition) is 1. The van der Waals surface area contributed by atoms with E-state index in [9.17, 15) is 4.39 Å². The zero-order valence-corrected chi connectivity index (χ0v) is 7.52. The van der Waals surface area contributed by atoms with Crippen molar-refractivity contribution in [2.24, 2.45) is 0 Å². The number of hydrogen-bond acceptors (Lipinski definition) is 1. The fraction of sp³-hybridized carbons (Fsp3) is 0.455. The summed E-state index contributed by atoms with van der Waals surface area (Å²) in [6, 6.07) is 7.74. The molecule has 1 unspecified atom stereocenters. The Bertz CT molecular complexity index is 279. The van der Waals surface area contributed by atoms with Gasteiger partial charge in [-0.2, -0.15) is 0 Å². The summed E-state index contributed by atoms with van der Waals surface area (Å²) in [5.74, 6) is 0.237. The van der Waals surface area contributed by atoms with Crippen molar-refractivity contribution >= 4 is 0 Å². The molecule has 1 aliphatic rings. The van der Waals surface area contributed by atoms with Crippen LogP contribution >= 0.6 is 0 Å². The minimum Gasteiger partial charge on any atom is -0.316 e. The lowest BCUT2D eigenvalue weighted by Gasteiger charge is -2.22. The highest BCUT2D eigenvalue weighted by molar-refractivity contribution is 5.20. The van der Waals surface area contributed by atoms with Crippen LogP contribution in [0.2, 0.25) is 0 Å². The van der Waals surface area contributed by atoms with Gasteiger partial charge in [-0.1, -0.05) is 12.1 Å². The lowest BCUT2D eigenvalue weighted by Crippen LogP contribution is -2.28. The largest absolute Gasteiger partial charge is 0.316 e. The standard InChI is InChI=1S/C11H13FN/c12-11-5-1-3-9(7-11)10-4-2-6-13-8-10/h1,3,7,10,13H,2,4,6,8H2. The molecule has 1 atom stereocenters. The molecule has 1 aromatic rings. The van der Waals surface area contributed by atoms with Crippen LogP contribution in [0.5, 0.6) is 0 Å². The molecule has 1 nitrogen and oxygen atoms in total. The molecule has 1 radical (unpaired) electrons. The molecule has 0 spiro atoms. The first-order chi connectivity index (χ1) is 6.36. The van der Waals surface area contributed by atoms with Crippen LogP contribution in [0.1, 0.15) is 24.3 Å². The van der Waals surface area contributed by atoms with E-state index in [1.165, 1.54) is 6.42 Å². The van der Waals surface area contributed by atoms with Crippen molar-refractivity contribution in [3.8, 4) is 0 Å². The van der Waals surface area contributed by atoms with Gasteiger partial charge >= 0.3 is 0 Å². The Labute approximate surface area is 78.0 Å². The molecule has 1 N–H and O–H groups in total. The third kappa shape index (κ3) is 2.07. The SMILES string of the molecule is Fc1[c]ccc(C2CCCNC2)c1. The van der Waals surface area contributed by atoms with Gasteiger partial charge in [-0.25, -0.2) is 4.39 Å². The molecule has 0 bridgehead atoms. The molecular formula is C11H13FN. The molecule has 69 valence electrons. The molecule has 0 aliphatic carbocycles. The van der Waals surface area contributed by atoms with Gasteiger partial charge in [-0.15, -0.1) is 0 Å². The van der Waals surface area contributed by atoms with E-state index in [0.717, 1.165) is 25.1 Å². The maximum Gasteiger partial charge on any atom is 0.131 e. The van der Waals surface area contributed by atoms with Gasteiger partial charge in [0, 0.05) is 12.6 Å². The number of rotatable bonds is 1. The molecule has 0 saturated carbocycles. The monoisotopic (exact) mass is 178 g/mol. The van der Waals surface area contributed by atoms with Crippen LogP contribution < -0.4 is 5.32 Å². The number of nitrogens with one attached hydrogen (secondary N) is 1. The summed E-state index contributed by atoms with van der Waals surface area (Å²) < 4.78 is 12.8. The zero-order chi connectivity index (χ0) is 9.10. The first-order valence-electron chi connectivity index (χ1n) is 4.74. The lowest BCUT2D eigenvalue weighted by molar-refractivity contribution is 0.460. The fourth-order valence-electron chi connectivity index (χ4n) is 1.84. The second-order valence-corrected chi connectivity index (χ2v) is 3.51. The minimum atomic E-state index is -0.247. The fourth-order valence-corrected chi connectivity index (χ4v) is 1.84. The van der Waals surface area contributed by atoms with Crippen LogP contribution in [0.4, 0.5) is 4.39 Å². The van der Waals surface area contributed by atoms with Crippen LogP contribution in [-0.2, 0) is 0 Å². The summed E-state index contributed by atoms with van der Waals surface area (Å²) in [6.07, 6.45) is 2.35. The van der Waals surface area contributed by atoms with E-state index in [1.54, 1.807) is 12.1 Å². The first kappa shape index (κ1) is 8.70. The molecule has 1 aromatic carbocycles. The molecule has 2 heteroatoms. The average Bonchev–Trinajstić information content (AvgIpc) is 2.19. The van der Waals surface area contributed by atoms with Crippen LogP contribution in [0.3, 0.4) is 0 Å². The summed E-state index contributed by atoms with van der Waals surface area (Å²) in [4.78, 5) is 0. The minimum absolute atomic E-state index is 0.247. The van der Waals surface area contributed by atoms with Crippen molar-refractivity contribution in [2.45, 2.75) is 18.8 Å². The van der Waals surface area contributed by atoms with Crippen molar-refractivity contribution in [2.75, 3.05) is 13.1 Å². The maximum absolute atomic E-state index is 12.8. The summed E-state index contributed by atoms with van der Waals surface area (Å²) in [5, 5.41) is 3.32. The van der Waals surface area contributed by atoms with Crippen molar-refractivity contribution in [3.63, 3.8) is 0 Å². The van der Waals surface area contributed by atoms with Gasteiger partial charge in [0.1, 0.15) is 5.82 Å². The molecule has 1 aliphatic heterocycles. The van der Waals surface area contributed by atoms with Crippen LogP contribution in [0.15, 0.2) is 18.2 Å². The van der Waals surface area contributed by atoms with E-state index in [0.29, 0.717) is 5.92 Å². The van der Waals surface area contributed by atoms with Crippen molar-refractivity contribution in [1.82, 2.24) is 5.32 Å². The Morgan fingerprint density at radius 3 is 3.15 bits per heavy atom. The highest BCUT2D eigenvalue weighted by Gasteiger charge is 2.14. The molecule has 1 saturated heterocycles. The van der Waals surface area contributed by atoms with Gasteiger partial charge in [0.05, 0.1) is 0 Å². The third-order valence-corrected chi connectivity index (χ3v) is 2.56. The molecule has 0 aromatic heterocycles. The topological polar surface area (TPSA) is 12.0 Å². The Morgan fingerprint density at radius 1 is 1.54 bits per heavy atom. The van der Waals surface area contributed by atoms with E-state index in [1.807, 2.05) is 6.07 Å². The molecule has 1 fully saturated rings. The van der Waals surface area contributed by atoms with Gasteiger partial charge in [0.2, 0.25) is 0 Å². The maximum atomic E-state index is 12.8. The Balaban J connectivity index is 2.14. The summed E-state index contributed by atoms with van der Waals surface area (Å²) in [7, 11) is 0. The van der Waals surface area contributed by atoms with Gasteiger partial charge in [-0.3, -0.25) is 0 Å². The Morgan fingerprint density at radius 2 is 2.46 bits per heavy atom. The molecule has 13 heavy (non-hydrogen) atoms. The Kier molecular flexibility index (Phi) is 2.60. The van der Waals surface area contributed by atoms with E-state index >= 15 is 0 Å². The van der Waals surface area contributed by atoms with Gasteiger partial charge in [0.15, 0.2) is 0 Å². The van der Waals surface area contributed by atoms with E-state index in [4.69, 9.17) is 0 Å². The Hall–Kier alpha value is -0.890. The van der Waals surface area contributed by atoms with Crippen molar-refractivity contribution in [3.05, 3.63) is 35.6 Å². The summed E-state index contributed by atoms with van der Waals surface area (Å²) in [5.41, 5.74) is 1.10. The smallest absolute Gasteiger partial charge is 0.131 e. The van der Waals surface area contributed by atoms with Crippen LogP contribution in [0, 0.1) is 11.9 Å². The lowest BCUT2D eigenvalue weighted by atomic mass is 9.92. The summed E-state index contributed by atoms with van der Waals surface area (Å²) >= 11 is 0. The molecule has 2 rings (SSSR count). The quantitative estimate of drug-likeness (QED) is 0.694. The second-order valence-electron chi connectivity index (χ2n) is 3.51. The molecule has 1 heterocycles.